The van der Waals surface area contributed by atoms with E-state index in [4.69, 9.17) is 0 Å². The topological polar surface area (TPSA) is 3.24 Å². The fourth-order valence-corrected chi connectivity index (χ4v) is 8.37. The fraction of sp³-hybridized carbons (Fsp3) is 0.0400. The Morgan fingerprint density at radius 3 is 1.84 bits per heavy atom. The van der Waals surface area contributed by atoms with Gasteiger partial charge < -0.3 is 4.90 Å². The lowest BCUT2D eigenvalue weighted by atomic mass is 9.83. The molecular formula is C50H35N. The maximum Gasteiger partial charge on any atom is 0.0547 e. The molecule has 0 aliphatic carbocycles. The summed E-state index contributed by atoms with van der Waals surface area (Å²) in [6, 6.07) is 71.5. The molecule has 0 spiro atoms. The first-order valence-electron chi connectivity index (χ1n) is 17.9. The summed E-state index contributed by atoms with van der Waals surface area (Å²) in [5, 5.41) is 7.72. The van der Waals surface area contributed by atoms with Crippen LogP contribution in [0.15, 0.2) is 194 Å². The first-order chi connectivity index (χ1) is 25.3. The summed E-state index contributed by atoms with van der Waals surface area (Å²) in [6.45, 7) is 0. The Labute approximate surface area is 298 Å². The maximum atomic E-state index is 2.46. The number of benzene rings is 9. The fourth-order valence-electron chi connectivity index (χ4n) is 8.37. The molecule has 1 aliphatic rings. The van der Waals surface area contributed by atoms with E-state index in [1.54, 1.807) is 0 Å². The Hall–Kier alpha value is -6.44. The van der Waals surface area contributed by atoms with Gasteiger partial charge in [-0.1, -0.05) is 170 Å². The molecular weight excluding hydrogens is 615 g/mol. The predicted octanol–water partition coefficient (Wildman–Crippen LogP) is 13.6. The van der Waals surface area contributed by atoms with E-state index in [1.165, 1.54) is 88.3 Å². The van der Waals surface area contributed by atoms with Crippen molar-refractivity contribution in [1.29, 1.82) is 0 Å². The van der Waals surface area contributed by atoms with Crippen LogP contribution >= 0.6 is 0 Å². The first-order valence-corrected chi connectivity index (χ1v) is 17.9. The molecule has 1 heteroatoms. The second-order valence-corrected chi connectivity index (χ2v) is 13.7. The number of hydrogen-bond acceptors (Lipinski definition) is 1. The van der Waals surface area contributed by atoms with Gasteiger partial charge in [0.05, 0.1) is 11.4 Å². The molecule has 1 nitrogen and oxygen atoms in total. The summed E-state index contributed by atoms with van der Waals surface area (Å²) in [5.74, 6) is 0.203. The third-order valence-electron chi connectivity index (χ3n) is 10.8. The average Bonchev–Trinajstić information content (AvgIpc) is 3.21. The van der Waals surface area contributed by atoms with Gasteiger partial charge in [-0.05, 0) is 91.0 Å². The Balaban J connectivity index is 1.07. The lowest BCUT2D eigenvalue weighted by Crippen LogP contribution is -2.15. The molecule has 0 aromatic heterocycles. The van der Waals surface area contributed by atoms with Gasteiger partial charge in [-0.3, -0.25) is 0 Å². The van der Waals surface area contributed by atoms with Crippen LogP contribution in [0.3, 0.4) is 0 Å². The Morgan fingerprint density at radius 1 is 0.412 bits per heavy atom. The van der Waals surface area contributed by atoms with Gasteiger partial charge in [0.2, 0.25) is 0 Å². The minimum atomic E-state index is 0.203. The number of anilines is 3. The third-order valence-corrected chi connectivity index (χ3v) is 10.8. The highest BCUT2D eigenvalue weighted by Crippen LogP contribution is 2.53. The van der Waals surface area contributed by atoms with Crippen LogP contribution in [0.4, 0.5) is 17.1 Å². The number of rotatable bonds is 6. The first kappa shape index (κ1) is 29.5. The molecule has 0 bridgehead atoms. The summed E-state index contributed by atoms with van der Waals surface area (Å²) in [4.78, 5) is 2.46. The largest absolute Gasteiger partial charge is 0.309 e. The van der Waals surface area contributed by atoms with E-state index in [9.17, 15) is 0 Å². The predicted molar refractivity (Wildman–Crippen MR) is 217 cm³/mol. The highest BCUT2D eigenvalue weighted by atomic mass is 15.2. The van der Waals surface area contributed by atoms with Crippen LogP contribution in [-0.2, 0) is 6.42 Å². The Kier molecular flexibility index (Phi) is 7.03. The van der Waals surface area contributed by atoms with Gasteiger partial charge in [0.1, 0.15) is 0 Å². The lowest BCUT2D eigenvalue weighted by Gasteiger charge is -2.34. The molecule has 0 N–H and O–H groups in total. The molecule has 9 aromatic rings. The SMILES string of the molecule is c1ccc(-c2ccc(C(Cc3ccc(N4c5ccc6ccccc6c5-c5cccc6cccc4c56)cc3)c3cccc4ccccc34)cc2)cc1. The van der Waals surface area contributed by atoms with Crippen LogP contribution in [0.25, 0.3) is 54.6 Å². The Morgan fingerprint density at radius 2 is 1.04 bits per heavy atom. The van der Waals surface area contributed by atoms with Crippen LogP contribution in [0.2, 0.25) is 0 Å². The van der Waals surface area contributed by atoms with Crippen molar-refractivity contribution in [1.82, 2.24) is 0 Å². The maximum absolute atomic E-state index is 2.46. The highest BCUT2D eigenvalue weighted by Gasteiger charge is 2.27. The molecule has 1 unspecified atom stereocenters. The summed E-state index contributed by atoms with van der Waals surface area (Å²) in [5.41, 5.74) is 12.7. The van der Waals surface area contributed by atoms with Gasteiger partial charge in [0.25, 0.3) is 0 Å². The van der Waals surface area contributed by atoms with Crippen molar-refractivity contribution in [3.05, 3.63) is 211 Å². The lowest BCUT2D eigenvalue weighted by molar-refractivity contribution is 0.812. The van der Waals surface area contributed by atoms with Crippen molar-refractivity contribution in [2.75, 3.05) is 4.90 Å². The molecule has 9 aromatic carbocycles. The van der Waals surface area contributed by atoms with E-state index in [0.717, 1.165) is 6.42 Å². The van der Waals surface area contributed by atoms with Crippen LogP contribution in [0, 0.1) is 0 Å². The zero-order chi connectivity index (χ0) is 33.7. The van der Waals surface area contributed by atoms with Crippen LogP contribution < -0.4 is 4.90 Å². The minimum Gasteiger partial charge on any atom is -0.309 e. The molecule has 1 atom stereocenters. The van der Waals surface area contributed by atoms with Crippen LogP contribution in [0.5, 0.6) is 0 Å². The van der Waals surface area contributed by atoms with Gasteiger partial charge in [-0.15, -0.1) is 0 Å². The average molecular weight is 650 g/mol. The number of nitrogens with zero attached hydrogens (tertiary/aromatic N) is 1. The number of fused-ring (bicyclic) bond motifs is 5. The third kappa shape index (κ3) is 5.01. The van der Waals surface area contributed by atoms with Crippen molar-refractivity contribution in [3.8, 4) is 22.3 Å². The zero-order valence-electron chi connectivity index (χ0n) is 28.2. The van der Waals surface area contributed by atoms with Crippen molar-refractivity contribution in [3.63, 3.8) is 0 Å². The van der Waals surface area contributed by atoms with Gasteiger partial charge >= 0.3 is 0 Å². The summed E-state index contributed by atoms with van der Waals surface area (Å²) < 4.78 is 0. The van der Waals surface area contributed by atoms with Crippen LogP contribution in [-0.4, -0.2) is 0 Å². The van der Waals surface area contributed by atoms with E-state index >= 15 is 0 Å². The van der Waals surface area contributed by atoms with Crippen molar-refractivity contribution >= 4 is 49.4 Å². The molecule has 1 heterocycles. The molecule has 0 saturated heterocycles. The molecule has 0 saturated carbocycles. The molecule has 0 fully saturated rings. The Bertz CT molecular complexity index is 2700. The minimum absolute atomic E-state index is 0.203. The van der Waals surface area contributed by atoms with E-state index < -0.39 is 0 Å². The molecule has 0 radical (unpaired) electrons. The second kappa shape index (κ2) is 12.2. The number of hydrogen-bond donors (Lipinski definition) is 0. The van der Waals surface area contributed by atoms with Gasteiger partial charge in [0.15, 0.2) is 0 Å². The zero-order valence-corrected chi connectivity index (χ0v) is 28.2. The standard InChI is InChI=1S/C50H35N/c1-2-11-35(12-3-1)36-25-27-39(28-26-36)46(44-20-8-15-37-13-4-6-18-42(37)44)33-34-23-30-41(31-24-34)51-47-22-10-17-40-16-9-21-45(49(40)47)50-43-19-7-5-14-38(43)29-32-48(50)51/h1-32,46H,33H2. The summed E-state index contributed by atoms with van der Waals surface area (Å²) >= 11 is 0. The summed E-state index contributed by atoms with van der Waals surface area (Å²) in [6.07, 6.45) is 0.901. The van der Waals surface area contributed by atoms with E-state index in [-0.39, 0.29) is 5.92 Å². The van der Waals surface area contributed by atoms with Crippen molar-refractivity contribution < 1.29 is 0 Å². The van der Waals surface area contributed by atoms with E-state index in [1.807, 2.05) is 0 Å². The quantitative estimate of drug-likeness (QED) is 0.173. The van der Waals surface area contributed by atoms with E-state index in [0.29, 0.717) is 0 Å². The summed E-state index contributed by atoms with van der Waals surface area (Å²) in [7, 11) is 0. The van der Waals surface area contributed by atoms with Crippen LogP contribution in [0.1, 0.15) is 22.6 Å². The van der Waals surface area contributed by atoms with Crippen molar-refractivity contribution in [2.45, 2.75) is 12.3 Å². The van der Waals surface area contributed by atoms with Gasteiger partial charge in [0, 0.05) is 22.6 Å². The second-order valence-electron chi connectivity index (χ2n) is 13.7. The monoisotopic (exact) mass is 649 g/mol. The molecule has 0 amide bonds. The van der Waals surface area contributed by atoms with Crippen molar-refractivity contribution in [2.24, 2.45) is 0 Å². The smallest absolute Gasteiger partial charge is 0.0547 e. The van der Waals surface area contributed by atoms with Gasteiger partial charge in [-0.2, -0.15) is 0 Å². The molecule has 51 heavy (non-hydrogen) atoms. The normalized spacial score (nSPS) is 12.7. The van der Waals surface area contributed by atoms with Gasteiger partial charge in [-0.25, -0.2) is 0 Å². The molecule has 1 aliphatic heterocycles. The van der Waals surface area contributed by atoms with E-state index in [2.05, 4.69) is 199 Å². The molecule has 240 valence electrons. The molecule has 10 rings (SSSR count). The highest BCUT2D eigenvalue weighted by molar-refractivity contribution is 6.19.